The van der Waals surface area contributed by atoms with E-state index in [4.69, 9.17) is 0 Å². The SMILES string of the molecule is N#CC(=Cc1csc(Br)c1)c1nc2ccccc2[nH]1. The van der Waals surface area contributed by atoms with Gasteiger partial charge in [0, 0.05) is 0 Å². The van der Waals surface area contributed by atoms with Crippen molar-refractivity contribution in [1.29, 1.82) is 5.26 Å². The lowest BCUT2D eigenvalue weighted by Gasteiger charge is -1.91. The molecule has 3 rings (SSSR count). The Morgan fingerprint density at radius 2 is 2.26 bits per heavy atom. The van der Waals surface area contributed by atoms with E-state index in [1.165, 1.54) is 0 Å². The van der Waals surface area contributed by atoms with Crippen LogP contribution in [0.15, 0.2) is 39.5 Å². The van der Waals surface area contributed by atoms with Crippen molar-refractivity contribution in [3.8, 4) is 6.07 Å². The van der Waals surface area contributed by atoms with Crippen LogP contribution < -0.4 is 0 Å². The Kier molecular flexibility index (Phi) is 3.20. The van der Waals surface area contributed by atoms with Gasteiger partial charge in [-0.3, -0.25) is 0 Å². The van der Waals surface area contributed by atoms with E-state index in [1.807, 2.05) is 41.8 Å². The van der Waals surface area contributed by atoms with Crippen molar-refractivity contribution in [1.82, 2.24) is 9.97 Å². The molecule has 19 heavy (non-hydrogen) atoms. The molecule has 0 atom stereocenters. The van der Waals surface area contributed by atoms with E-state index in [1.54, 1.807) is 11.3 Å². The summed E-state index contributed by atoms with van der Waals surface area (Å²) in [6.07, 6.45) is 1.83. The largest absolute Gasteiger partial charge is 0.337 e. The second-order valence-electron chi connectivity index (χ2n) is 3.96. The normalized spacial score (nSPS) is 11.7. The molecule has 0 fully saturated rings. The number of aromatic nitrogens is 2. The molecule has 3 nitrogen and oxygen atoms in total. The van der Waals surface area contributed by atoms with E-state index in [0.29, 0.717) is 11.4 Å². The fraction of sp³-hybridized carbons (Fsp3) is 0. The summed E-state index contributed by atoms with van der Waals surface area (Å²) in [6, 6.07) is 11.9. The highest BCUT2D eigenvalue weighted by molar-refractivity contribution is 9.11. The summed E-state index contributed by atoms with van der Waals surface area (Å²) in [5.41, 5.74) is 3.32. The molecular weight excluding hydrogens is 322 g/mol. The number of nitrogens with zero attached hydrogens (tertiary/aromatic N) is 2. The first-order valence-electron chi connectivity index (χ1n) is 5.57. The van der Waals surface area contributed by atoms with Crippen LogP contribution in [0.5, 0.6) is 0 Å². The predicted molar refractivity (Wildman–Crippen MR) is 81.6 cm³/mol. The van der Waals surface area contributed by atoms with Crippen LogP contribution in [-0.2, 0) is 0 Å². The molecule has 2 aromatic heterocycles. The number of hydrogen-bond acceptors (Lipinski definition) is 3. The third-order valence-corrected chi connectivity index (χ3v) is 4.19. The van der Waals surface area contributed by atoms with Crippen LogP contribution in [0.2, 0.25) is 0 Å². The van der Waals surface area contributed by atoms with E-state index < -0.39 is 0 Å². The summed E-state index contributed by atoms with van der Waals surface area (Å²) >= 11 is 5.00. The maximum absolute atomic E-state index is 9.29. The van der Waals surface area contributed by atoms with Gasteiger partial charge in [0.2, 0.25) is 0 Å². The van der Waals surface area contributed by atoms with E-state index >= 15 is 0 Å². The van der Waals surface area contributed by atoms with Gasteiger partial charge in [-0.15, -0.1) is 11.3 Å². The highest BCUT2D eigenvalue weighted by atomic mass is 79.9. The number of allylic oxidation sites excluding steroid dienone is 1. The zero-order chi connectivity index (χ0) is 13.2. The number of thiophene rings is 1. The molecule has 0 radical (unpaired) electrons. The molecule has 0 spiro atoms. The average Bonchev–Trinajstić information content (AvgIpc) is 3.01. The van der Waals surface area contributed by atoms with Crippen LogP contribution in [0.3, 0.4) is 0 Å². The van der Waals surface area contributed by atoms with Gasteiger partial charge < -0.3 is 4.98 Å². The number of hydrogen-bond donors (Lipinski definition) is 1. The molecule has 0 unspecified atom stereocenters. The molecule has 0 bridgehead atoms. The number of imidazole rings is 1. The van der Waals surface area contributed by atoms with Gasteiger partial charge in [0.25, 0.3) is 0 Å². The number of halogens is 1. The van der Waals surface area contributed by atoms with E-state index in [2.05, 4.69) is 32.0 Å². The lowest BCUT2D eigenvalue weighted by atomic mass is 10.2. The molecule has 5 heteroatoms. The number of nitriles is 1. The van der Waals surface area contributed by atoms with Crippen LogP contribution in [0.25, 0.3) is 22.7 Å². The number of benzene rings is 1. The minimum Gasteiger partial charge on any atom is -0.337 e. The van der Waals surface area contributed by atoms with Crippen LogP contribution in [0, 0.1) is 11.3 Å². The predicted octanol–water partition coefficient (Wildman–Crippen LogP) is 4.45. The molecule has 0 saturated heterocycles. The standard InChI is InChI=1S/C14H8BrN3S/c15-13-6-9(8-19-13)5-10(7-16)14-17-11-3-1-2-4-12(11)18-14/h1-6,8H,(H,17,18). The van der Waals surface area contributed by atoms with Crippen LogP contribution >= 0.6 is 27.3 Å². The van der Waals surface area contributed by atoms with Gasteiger partial charge in [-0.2, -0.15) is 5.26 Å². The molecule has 1 aromatic carbocycles. The van der Waals surface area contributed by atoms with Crippen molar-refractivity contribution in [2.24, 2.45) is 0 Å². The quantitative estimate of drug-likeness (QED) is 0.706. The van der Waals surface area contributed by atoms with Crippen LogP contribution in [-0.4, -0.2) is 9.97 Å². The Morgan fingerprint density at radius 3 is 2.95 bits per heavy atom. The van der Waals surface area contributed by atoms with Crippen molar-refractivity contribution in [2.75, 3.05) is 0 Å². The van der Waals surface area contributed by atoms with Crippen LogP contribution in [0.4, 0.5) is 0 Å². The smallest absolute Gasteiger partial charge is 0.149 e. The molecule has 3 aromatic rings. The summed E-state index contributed by atoms with van der Waals surface area (Å²) in [7, 11) is 0. The molecule has 0 saturated carbocycles. The van der Waals surface area contributed by atoms with Crippen LogP contribution in [0.1, 0.15) is 11.4 Å². The fourth-order valence-corrected chi connectivity index (χ4v) is 2.93. The van der Waals surface area contributed by atoms with Crippen molar-refractivity contribution in [3.63, 3.8) is 0 Å². The second-order valence-corrected chi connectivity index (χ2v) is 6.25. The number of aromatic amines is 1. The minimum atomic E-state index is 0.529. The van der Waals surface area contributed by atoms with Gasteiger partial charge in [-0.25, -0.2) is 4.98 Å². The summed E-state index contributed by atoms with van der Waals surface area (Å²) in [5, 5.41) is 11.3. The molecule has 1 N–H and O–H groups in total. The van der Waals surface area contributed by atoms with Crippen molar-refractivity contribution in [3.05, 3.63) is 50.9 Å². The summed E-state index contributed by atoms with van der Waals surface area (Å²) in [5.74, 6) is 0.603. The zero-order valence-corrected chi connectivity index (χ0v) is 12.1. The van der Waals surface area contributed by atoms with Crippen molar-refractivity contribution in [2.45, 2.75) is 0 Å². The number of H-pyrrole nitrogens is 1. The molecule has 2 heterocycles. The van der Waals surface area contributed by atoms with Crippen molar-refractivity contribution < 1.29 is 0 Å². The van der Waals surface area contributed by atoms with Crippen molar-refractivity contribution >= 4 is 49.9 Å². The number of para-hydroxylation sites is 2. The Balaban J connectivity index is 2.07. The van der Waals surface area contributed by atoms with Gasteiger partial charge in [0.1, 0.15) is 11.9 Å². The second kappa shape index (κ2) is 5.00. The van der Waals surface area contributed by atoms with E-state index in [-0.39, 0.29) is 0 Å². The minimum absolute atomic E-state index is 0.529. The fourth-order valence-electron chi connectivity index (χ4n) is 1.80. The van der Waals surface area contributed by atoms with E-state index in [9.17, 15) is 5.26 Å². The van der Waals surface area contributed by atoms with Gasteiger partial charge in [0.05, 0.1) is 20.4 Å². The average molecular weight is 330 g/mol. The Labute approximate surface area is 122 Å². The Bertz CT molecular complexity index is 774. The molecule has 0 aliphatic rings. The van der Waals surface area contributed by atoms with Gasteiger partial charge in [0.15, 0.2) is 0 Å². The van der Waals surface area contributed by atoms with Gasteiger partial charge in [-0.1, -0.05) is 12.1 Å². The highest BCUT2D eigenvalue weighted by Gasteiger charge is 2.07. The monoisotopic (exact) mass is 329 g/mol. The first kappa shape index (κ1) is 12.2. The number of nitrogens with one attached hydrogen (secondary N) is 1. The summed E-state index contributed by atoms with van der Waals surface area (Å²) in [6.45, 7) is 0. The lowest BCUT2D eigenvalue weighted by Crippen LogP contribution is -1.83. The summed E-state index contributed by atoms with van der Waals surface area (Å²) < 4.78 is 1.04. The third kappa shape index (κ3) is 2.46. The third-order valence-electron chi connectivity index (χ3n) is 2.66. The first-order valence-corrected chi connectivity index (χ1v) is 7.24. The Hall–Kier alpha value is -1.90. The topological polar surface area (TPSA) is 52.5 Å². The van der Waals surface area contributed by atoms with Gasteiger partial charge >= 0.3 is 0 Å². The molecule has 0 amide bonds. The maximum Gasteiger partial charge on any atom is 0.149 e. The number of fused-ring (bicyclic) bond motifs is 1. The Morgan fingerprint density at radius 1 is 1.42 bits per heavy atom. The molecule has 92 valence electrons. The molecular formula is C14H8BrN3S. The zero-order valence-electron chi connectivity index (χ0n) is 9.72. The number of rotatable bonds is 2. The lowest BCUT2D eigenvalue weighted by molar-refractivity contribution is 1.27. The highest BCUT2D eigenvalue weighted by Crippen LogP contribution is 2.25. The first-order chi connectivity index (χ1) is 9.26. The maximum atomic E-state index is 9.29. The summed E-state index contributed by atoms with van der Waals surface area (Å²) in [4.78, 5) is 7.60. The molecule has 0 aliphatic heterocycles. The molecule has 0 aliphatic carbocycles. The van der Waals surface area contributed by atoms with E-state index in [0.717, 1.165) is 20.4 Å². The van der Waals surface area contributed by atoms with Gasteiger partial charge in [-0.05, 0) is 51.1 Å².